The van der Waals surface area contributed by atoms with Crippen LogP contribution in [0.5, 0.6) is 0 Å². The Balaban J connectivity index is 2.60. The van der Waals surface area contributed by atoms with Gasteiger partial charge in [-0.2, -0.15) is 0 Å². The molecule has 0 saturated carbocycles. The van der Waals surface area contributed by atoms with E-state index in [4.69, 9.17) is 0 Å². The van der Waals surface area contributed by atoms with Gasteiger partial charge in [-0.25, -0.2) is 4.98 Å². The maximum atomic E-state index is 12.7. The van der Waals surface area contributed by atoms with Crippen molar-refractivity contribution in [2.45, 2.75) is 33.6 Å². The van der Waals surface area contributed by atoms with Gasteiger partial charge < -0.3 is 4.90 Å². The van der Waals surface area contributed by atoms with E-state index >= 15 is 0 Å². The van der Waals surface area contributed by atoms with Crippen molar-refractivity contribution in [3.63, 3.8) is 0 Å². The van der Waals surface area contributed by atoms with Gasteiger partial charge >= 0.3 is 0 Å². The van der Waals surface area contributed by atoms with Gasteiger partial charge in [-0.1, -0.05) is 13.3 Å². The summed E-state index contributed by atoms with van der Waals surface area (Å²) in [6, 6.07) is 3.88. The van der Waals surface area contributed by atoms with Gasteiger partial charge in [0, 0.05) is 23.8 Å². The number of aromatic nitrogens is 2. The van der Waals surface area contributed by atoms with Crippen LogP contribution < -0.4 is 0 Å². The Morgan fingerprint density at radius 1 is 1.30 bits per heavy atom. The summed E-state index contributed by atoms with van der Waals surface area (Å²) in [5, 5.41) is 0. The van der Waals surface area contributed by atoms with Crippen LogP contribution in [0.25, 0.3) is 5.65 Å². The van der Waals surface area contributed by atoms with Crippen LogP contribution in [0.4, 0.5) is 0 Å². The third-order valence-electron chi connectivity index (χ3n) is 3.39. The zero-order chi connectivity index (χ0) is 14.7. The molecule has 0 aromatic carbocycles. The number of rotatable bonds is 5. The van der Waals surface area contributed by atoms with E-state index in [2.05, 4.69) is 27.8 Å². The molecule has 2 aromatic heterocycles. The molecule has 4 nitrogen and oxygen atoms in total. The molecule has 0 unspecified atom stereocenters. The molecule has 5 heteroatoms. The summed E-state index contributed by atoms with van der Waals surface area (Å²) in [7, 11) is 0. The molecule has 0 aliphatic carbocycles. The van der Waals surface area contributed by atoms with E-state index in [1.54, 1.807) is 0 Å². The van der Waals surface area contributed by atoms with E-state index in [1.807, 2.05) is 41.5 Å². The first-order valence-corrected chi connectivity index (χ1v) is 7.87. The van der Waals surface area contributed by atoms with Crippen molar-refractivity contribution in [2.24, 2.45) is 0 Å². The highest BCUT2D eigenvalue weighted by atomic mass is 79.9. The summed E-state index contributed by atoms with van der Waals surface area (Å²) in [4.78, 5) is 19.2. The van der Waals surface area contributed by atoms with Crippen LogP contribution in [0, 0.1) is 0 Å². The van der Waals surface area contributed by atoms with Crippen LogP contribution in [-0.4, -0.2) is 33.3 Å². The number of aryl methyl sites for hydroxylation is 1. The smallest absolute Gasteiger partial charge is 0.272 e. The number of hydrogen-bond acceptors (Lipinski definition) is 2. The SMILES string of the molecule is CCCc1nc2ccc(Br)cn2c1C(=O)N(CC)CC. The molecule has 20 heavy (non-hydrogen) atoms. The lowest BCUT2D eigenvalue weighted by molar-refractivity contribution is 0.0765. The number of halogens is 1. The monoisotopic (exact) mass is 337 g/mol. The topological polar surface area (TPSA) is 37.6 Å². The minimum absolute atomic E-state index is 0.0593. The number of hydrogen-bond donors (Lipinski definition) is 0. The Labute approximate surface area is 127 Å². The summed E-state index contributed by atoms with van der Waals surface area (Å²) in [5.41, 5.74) is 2.42. The molecule has 0 bridgehead atoms. The molecule has 0 N–H and O–H groups in total. The average Bonchev–Trinajstić information content (AvgIpc) is 2.77. The summed E-state index contributed by atoms with van der Waals surface area (Å²) in [6.45, 7) is 7.52. The molecule has 0 aliphatic rings. The Kier molecular flexibility index (Phi) is 4.81. The fourth-order valence-corrected chi connectivity index (χ4v) is 2.70. The fourth-order valence-electron chi connectivity index (χ4n) is 2.37. The van der Waals surface area contributed by atoms with Crippen LogP contribution in [0.15, 0.2) is 22.8 Å². The third-order valence-corrected chi connectivity index (χ3v) is 3.86. The van der Waals surface area contributed by atoms with Gasteiger partial charge in [-0.15, -0.1) is 0 Å². The normalized spacial score (nSPS) is 11.0. The zero-order valence-corrected chi connectivity index (χ0v) is 13.8. The molecular formula is C15H20BrN3O. The van der Waals surface area contributed by atoms with Crippen molar-refractivity contribution in [1.82, 2.24) is 14.3 Å². The van der Waals surface area contributed by atoms with Crippen molar-refractivity contribution in [3.05, 3.63) is 34.2 Å². The standard InChI is InChI=1S/C15H20BrN3O/c1-4-7-12-14(15(20)18(5-2)6-3)19-10-11(16)8-9-13(19)17-12/h8-10H,4-7H2,1-3H3. The Bertz CT molecular complexity index is 617. The van der Waals surface area contributed by atoms with E-state index in [0.717, 1.165) is 28.7 Å². The number of fused-ring (bicyclic) bond motifs is 1. The molecule has 0 fully saturated rings. The summed E-state index contributed by atoms with van der Waals surface area (Å²) in [6.07, 6.45) is 3.71. The predicted octanol–water partition coefficient (Wildman–Crippen LogP) is 3.53. The van der Waals surface area contributed by atoms with Crippen molar-refractivity contribution in [2.75, 3.05) is 13.1 Å². The van der Waals surface area contributed by atoms with Crippen LogP contribution >= 0.6 is 15.9 Å². The Hall–Kier alpha value is -1.36. The van der Waals surface area contributed by atoms with Crippen molar-refractivity contribution < 1.29 is 4.79 Å². The minimum Gasteiger partial charge on any atom is -0.338 e. The largest absolute Gasteiger partial charge is 0.338 e. The summed E-state index contributed by atoms with van der Waals surface area (Å²) >= 11 is 3.46. The molecule has 2 rings (SSSR count). The minimum atomic E-state index is 0.0593. The van der Waals surface area contributed by atoms with Crippen molar-refractivity contribution in [1.29, 1.82) is 0 Å². The number of imidazole rings is 1. The maximum absolute atomic E-state index is 12.7. The second kappa shape index (κ2) is 6.39. The maximum Gasteiger partial charge on any atom is 0.272 e. The van der Waals surface area contributed by atoms with Crippen molar-refractivity contribution in [3.8, 4) is 0 Å². The first kappa shape index (κ1) is 15.0. The van der Waals surface area contributed by atoms with E-state index in [9.17, 15) is 4.79 Å². The first-order valence-electron chi connectivity index (χ1n) is 7.08. The van der Waals surface area contributed by atoms with E-state index in [0.29, 0.717) is 18.8 Å². The number of carbonyl (C=O) groups is 1. The highest BCUT2D eigenvalue weighted by Gasteiger charge is 2.22. The van der Waals surface area contributed by atoms with Crippen LogP contribution in [0.2, 0.25) is 0 Å². The molecule has 2 aromatic rings. The van der Waals surface area contributed by atoms with Gasteiger partial charge in [-0.3, -0.25) is 9.20 Å². The third kappa shape index (κ3) is 2.73. The number of carbonyl (C=O) groups excluding carboxylic acids is 1. The van der Waals surface area contributed by atoms with Crippen LogP contribution in [0.1, 0.15) is 43.4 Å². The predicted molar refractivity (Wildman–Crippen MR) is 84.1 cm³/mol. The molecule has 1 amide bonds. The highest BCUT2D eigenvalue weighted by molar-refractivity contribution is 9.10. The average molecular weight is 338 g/mol. The molecule has 0 radical (unpaired) electrons. The Morgan fingerprint density at radius 2 is 2.00 bits per heavy atom. The van der Waals surface area contributed by atoms with Gasteiger partial charge in [0.25, 0.3) is 5.91 Å². The van der Waals surface area contributed by atoms with Crippen LogP contribution in [0.3, 0.4) is 0 Å². The molecule has 0 spiro atoms. The second-order valence-corrected chi connectivity index (χ2v) is 5.63. The van der Waals surface area contributed by atoms with E-state index in [1.165, 1.54) is 0 Å². The molecule has 0 saturated heterocycles. The quantitative estimate of drug-likeness (QED) is 0.836. The lowest BCUT2D eigenvalue weighted by Gasteiger charge is -2.19. The lowest BCUT2D eigenvalue weighted by atomic mass is 10.2. The zero-order valence-electron chi connectivity index (χ0n) is 12.2. The lowest BCUT2D eigenvalue weighted by Crippen LogP contribution is -2.32. The van der Waals surface area contributed by atoms with Crippen molar-refractivity contribution >= 4 is 27.5 Å². The van der Waals surface area contributed by atoms with Gasteiger partial charge in [0.1, 0.15) is 11.3 Å². The fraction of sp³-hybridized carbons (Fsp3) is 0.467. The number of amides is 1. The van der Waals surface area contributed by atoms with E-state index in [-0.39, 0.29) is 5.91 Å². The van der Waals surface area contributed by atoms with Gasteiger partial charge in [-0.05, 0) is 48.3 Å². The van der Waals surface area contributed by atoms with Crippen LogP contribution in [-0.2, 0) is 6.42 Å². The van der Waals surface area contributed by atoms with Gasteiger partial charge in [0.2, 0.25) is 0 Å². The molecule has 2 heterocycles. The first-order chi connectivity index (χ1) is 9.62. The highest BCUT2D eigenvalue weighted by Crippen LogP contribution is 2.19. The van der Waals surface area contributed by atoms with Gasteiger partial charge in [0.15, 0.2) is 0 Å². The van der Waals surface area contributed by atoms with Gasteiger partial charge in [0.05, 0.1) is 5.69 Å². The number of nitrogens with zero attached hydrogens (tertiary/aromatic N) is 3. The number of pyridine rings is 1. The Morgan fingerprint density at radius 3 is 2.60 bits per heavy atom. The second-order valence-electron chi connectivity index (χ2n) is 4.71. The molecule has 0 aliphatic heterocycles. The summed E-state index contributed by atoms with van der Waals surface area (Å²) < 4.78 is 2.84. The van der Waals surface area contributed by atoms with E-state index < -0.39 is 0 Å². The summed E-state index contributed by atoms with van der Waals surface area (Å²) in [5.74, 6) is 0.0593. The molecule has 108 valence electrons. The molecular weight excluding hydrogens is 318 g/mol. The molecule has 0 atom stereocenters.